The number of nitrogens with zero attached hydrogens (tertiary/aromatic N) is 1. The maximum atomic E-state index is 12.5. The zero-order valence-corrected chi connectivity index (χ0v) is 12.3. The van der Waals surface area contributed by atoms with Gasteiger partial charge in [0.05, 0.1) is 5.56 Å². The van der Waals surface area contributed by atoms with Crippen LogP contribution in [0.25, 0.3) is 0 Å². The van der Waals surface area contributed by atoms with Crippen LogP contribution in [0, 0.1) is 10.6 Å². The van der Waals surface area contributed by atoms with Crippen molar-refractivity contribution in [3.05, 3.63) is 28.5 Å². The fourth-order valence-electron chi connectivity index (χ4n) is 2.83. The second-order valence-corrected chi connectivity index (χ2v) is 5.70. The summed E-state index contributed by atoms with van der Waals surface area (Å²) in [7, 11) is 0. The summed E-state index contributed by atoms with van der Waals surface area (Å²) in [5.41, 5.74) is 0.631. The molecule has 1 aliphatic rings. The van der Waals surface area contributed by atoms with Crippen LogP contribution in [0.3, 0.4) is 0 Å². The van der Waals surface area contributed by atoms with Crippen LogP contribution >= 0.6 is 12.2 Å². The van der Waals surface area contributed by atoms with Crippen molar-refractivity contribution in [2.45, 2.75) is 39.0 Å². The van der Waals surface area contributed by atoms with Crippen molar-refractivity contribution >= 4 is 18.1 Å². The van der Waals surface area contributed by atoms with Crippen LogP contribution in [0.5, 0.6) is 0 Å². The maximum Gasteiger partial charge on any atom is 0.256 e. The monoisotopic (exact) mass is 278 g/mol. The van der Waals surface area contributed by atoms with Gasteiger partial charge in [0.1, 0.15) is 4.64 Å². The average Bonchev–Trinajstić information content (AvgIpc) is 2.65. The summed E-state index contributed by atoms with van der Waals surface area (Å²) in [6.45, 7) is 3.97. The van der Waals surface area contributed by atoms with E-state index in [0.29, 0.717) is 10.2 Å². The number of aromatic amines is 1. The molecule has 0 saturated carbocycles. The van der Waals surface area contributed by atoms with E-state index in [1.54, 1.807) is 6.20 Å². The molecule has 0 spiro atoms. The summed E-state index contributed by atoms with van der Waals surface area (Å²) in [6, 6.07) is 3.65. The van der Waals surface area contributed by atoms with E-state index in [1.165, 1.54) is 19.3 Å². The molecule has 4 heteroatoms. The van der Waals surface area contributed by atoms with Crippen molar-refractivity contribution in [2.75, 3.05) is 13.1 Å². The Hall–Kier alpha value is -1.16. The highest BCUT2D eigenvalue weighted by Crippen LogP contribution is 2.22. The minimum Gasteiger partial charge on any atom is -0.352 e. The predicted octanol–water partition coefficient (Wildman–Crippen LogP) is 3.79. The Morgan fingerprint density at radius 2 is 2.32 bits per heavy atom. The molecule has 1 N–H and O–H groups in total. The number of hydrogen-bond acceptors (Lipinski definition) is 2. The molecular weight excluding hydrogens is 256 g/mol. The number of H-pyrrole nitrogens is 1. The molecule has 1 atom stereocenters. The zero-order chi connectivity index (χ0) is 13.7. The quantitative estimate of drug-likeness (QED) is 0.854. The normalized spacial score (nSPS) is 20.1. The summed E-state index contributed by atoms with van der Waals surface area (Å²) in [5, 5.41) is 0. The van der Waals surface area contributed by atoms with E-state index < -0.39 is 0 Å². The van der Waals surface area contributed by atoms with Gasteiger partial charge in [-0.05, 0) is 37.3 Å². The highest BCUT2D eigenvalue weighted by molar-refractivity contribution is 7.71. The van der Waals surface area contributed by atoms with Crippen LogP contribution in [0.2, 0.25) is 0 Å². The van der Waals surface area contributed by atoms with Crippen LogP contribution in [-0.2, 0) is 0 Å². The van der Waals surface area contributed by atoms with Crippen molar-refractivity contribution in [3.8, 4) is 0 Å². The molecular formula is C15H22N2OS. The molecule has 19 heavy (non-hydrogen) atoms. The number of hydrogen-bond donors (Lipinski definition) is 1. The van der Waals surface area contributed by atoms with E-state index in [9.17, 15) is 4.79 Å². The van der Waals surface area contributed by atoms with Gasteiger partial charge in [-0.15, -0.1) is 0 Å². The topological polar surface area (TPSA) is 36.1 Å². The Bertz CT molecular complexity index is 483. The van der Waals surface area contributed by atoms with Crippen molar-refractivity contribution < 1.29 is 4.79 Å². The van der Waals surface area contributed by atoms with Gasteiger partial charge in [-0.3, -0.25) is 4.79 Å². The average molecular weight is 278 g/mol. The number of aromatic nitrogens is 1. The zero-order valence-electron chi connectivity index (χ0n) is 11.5. The number of carbonyl (C=O) groups excluding carboxylic acids is 1. The van der Waals surface area contributed by atoms with E-state index in [0.717, 1.165) is 31.8 Å². The van der Waals surface area contributed by atoms with E-state index in [4.69, 9.17) is 12.2 Å². The minimum absolute atomic E-state index is 0.0824. The van der Waals surface area contributed by atoms with Gasteiger partial charge in [-0.2, -0.15) is 0 Å². The molecule has 0 aromatic carbocycles. The third-order valence-electron chi connectivity index (χ3n) is 3.88. The highest BCUT2D eigenvalue weighted by Gasteiger charge is 2.21. The molecule has 2 rings (SSSR count). The molecule has 104 valence electrons. The van der Waals surface area contributed by atoms with Crippen LogP contribution in [0.15, 0.2) is 18.3 Å². The fraction of sp³-hybridized carbons (Fsp3) is 0.600. The molecule has 1 aromatic heterocycles. The number of amides is 1. The van der Waals surface area contributed by atoms with E-state index in [1.807, 2.05) is 17.0 Å². The molecule has 2 heterocycles. The largest absolute Gasteiger partial charge is 0.352 e. The van der Waals surface area contributed by atoms with Crippen molar-refractivity contribution in [2.24, 2.45) is 5.92 Å². The van der Waals surface area contributed by atoms with Gasteiger partial charge in [0.2, 0.25) is 0 Å². The van der Waals surface area contributed by atoms with Gasteiger partial charge in [0, 0.05) is 19.3 Å². The van der Waals surface area contributed by atoms with Gasteiger partial charge >= 0.3 is 0 Å². The third kappa shape index (κ3) is 3.66. The molecule has 1 unspecified atom stereocenters. The number of rotatable bonds is 3. The van der Waals surface area contributed by atoms with Crippen LogP contribution in [-0.4, -0.2) is 28.9 Å². The Morgan fingerprint density at radius 3 is 3.05 bits per heavy atom. The lowest BCUT2D eigenvalue weighted by atomic mass is 9.96. The van der Waals surface area contributed by atoms with Crippen molar-refractivity contribution in [1.29, 1.82) is 0 Å². The Balaban J connectivity index is 2.04. The fourth-order valence-corrected chi connectivity index (χ4v) is 3.05. The molecule has 0 bridgehead atoms. The van der Waals surface area contributed by atoms with E-state index in [-0.39, 0.29) is 5.91 Å². The molecule has 1 aromatic rings. The summed E-state index contributed by atoms with van der Waals surface area (Å²) in [6.07, 6.45) is 7.77. The first-order valence-corrected chi connectivity index (χ1v) is 7.60. The van der Waals surface area contributed by atoms with Gasteiger partial charge in [-0.25, -0.2) is 0 Å². The Morgan fingerprint density at radius 1 is 1.47 bits per heavy atom. The minimum atomic E-state index is 0.0824. The standard InChI is InChI=1S/C15H22N2OS/c1-2-5-12-6-4-10-17(11-8-12)15(18)13-7-3-9-16-14(13)19/h3,7,9,12H,2,4-6,8,10-11H2,1H3,(H,16,19). The molecule has 0 radical (unpaired) electrons. The summed E-state index contributed by atoms with van der Waals surface area (Å²) < 4.78 is 0.543. The van der Waals surface area contributed by atoms with E-state index in [2.05, 4.69) is 11.9 Å². The lowest BCUT2D eigenvalue weighted by molar-refractivity contribution is 0.0759. The van der Waals surface area contributed by atoms with Gasteiger partial charge in [-0.1, -0.05) is 32.0 Å². The second kappa shape index (κ2) is 6.85. The predicted molar refractivity (Wildman–Crippen MR) is 79.8 cm³/mol. The third-order valence-corrected chi connectivity index (χ3v) is 4.22. The molecule has 1 saturated heterocycles. The van der Waals surface area contributed by atoms with Gasteiger partial charge in [0.15, 0.2) is 0 Å². The lowest BCUT2D eigenvalue weighted by Gasteiger charge is -2.20. The Kier molecular flexibility index (Phi) is 5.14. The second-order valence-electron chi connectivity index (χ2n) is 5.29. The number of pyridine rings is 1. The molecule has 1 aliphatic heterocycles. The Labute approximate surface area is 120 Å². The summed E-state index contributed by atoms with van der Waals surface area (Å²) in [5.74, 6) is 0.868. The first-order valence-electron chi connectivity index (χ1n) is 7.19. The molecule has 0 aliphatic carbocycles. The SMILES string of the molecule is CCCC1CCCN(C(=O)c2ccc[nH]c2=S)CC1. The molecule has 1 amide bonds. The number of likely N-dealkylation sites (tertiary alicyclic amines) is 1. The van der Waals surface area contributed by atoms with Crippen LogP contribution in [0.1, 0.15) is 49.4 Å². The summed E-state index contributed by atoms with van der Waals surface area (Å²) in [4.78, 5) is 17.4. The molecule has 3 nitrogen and oxygen atoms in total. The highest BCUT2D eigenvalue weighted by atomic mass is 32.1. The lowest BCUT2D eigenvalue weighted by Crippen LogP contribution is -2.32. The van der Waals surface area contributed by atoms with Gasteiger partial charge in [0.25, 0.3) is 5.91 Å². The first-order chi connectivity index (χ1) is 9.22. The number of carbonyl (C=O) groups is 1. The maximum absolute atomic E-state index is 12.5. The van der Waals surface area contributed by atoms with Crippen molar-refractivity contribution in [3.63, 3.8) is 0 Å². The van der Waals surface area contributed by atoms with Crippen LogP contribution < -0.4 is 0 Å². The smallest absolute Gasteiger partial charge is 0.256 e. The number of nitrogens with one attached hydrogen (secondary N) is 1. The van der Waals surface area contributed by atoms with Gasteiger partial charge < -0.3 is 9.88 Å². The first kappa shape index (κ1) is 14.3. The van der Waals surface area contributed by atoms with Crippen LogP contribution in [0.4, 0.5) is 0 Å². The molecule has 1 fully saturated rings. The van der Waals surface area contributed by atoms with E-state index >= 15 is 0 Å². The van der Waals surface area contributed by atoms with Crippen molar-refractivity contribution in [1.82, 2.24) is 9.88 Å². The summed E-state index contributed by atoms with van der Waals surface area (Å²) >= 11 is 5.19.